The fraction of sp³-hybridized carbons (Fsp3) is 0.404. The molecular weight excluding hydrogens is 810 g/mol. The third kappa shape index (κ3) is 6.12. The van der Waals surface area contributed by atoms with Crippen molar-refractivity contribution < 1.29 is 43.4 Å². The first-order chi connectivity index (χ1) is 29.7. The number of rotatable bonds is 9. The Kier molecular flexibility index (Phi) is 10.4. The van der Waals surface area contributed by atoms with Crippen LogP contribution in [0.5, 0.6) is 0 Å². The largest absolute Gasteiger partial charge is 0.465 e. The van der Waals surface area contributed by atoms with Gasteiger partial charge in [-0.15, -0.1) is 0 Å². The molecule has 2 aliphatic heterocycles. The number of carboxylic acid groups (broad SMARTS) is 2. The van der Waals surface area contributed by atoms with E-state index in [-0.39, 0.29) is 0 Å². The Bertz CT molecular complexity index is 2420. The monoisotopic (exact) mass is 861 g/mol. The number of amides is 6. The number of carbonyl (C=O) groups excluding carboxylic acids is 4. The molecule has 3 aromatic carbocycles. The summed E-state index contributed by atoms with van der Waals surface area (Å²) in [6.07, 6.45) is -1.02. The van der Waals surface area contributed by atoms with E-state index in [9.17, 15) is 43.4 Å². The van der Waals surface area contributed by atoms with Crippen molar-refractivity contribution in [3.8, 4) is 5.69 Å². The van der Waals surface area contributed by atoms with E-state index < -0.39 is 87.5 Å². The molecule has 8 N–H and O–H groups in total. The average molecular weight is 862 g/mol. The molecule has 1 aromatic heterocycles. The number of halogens is 1. The lowest BCUT2D eigenvalue weighted by Gasteiger charge is -2.54. The molecule has 15 nitrogen and oxygen atoms in total. The average Bonchev–Trinajstić information content (AvgIpc) is 3.92. The summed E-state index contributed by atoms with van der Waals surface area (Å²) in [5.74, 6) is -5.53. The number of hydrogen-bond acceptors (Lipinski definition) is 8. The lowest BCUT2D eigenvalue weighted by atomic mass is 9.60. The van der Waals surface area contributed by atoms with E-state index in [2.05, 4.69) is 10.6 Å². The van der Waals surface area contributed by atoms with E-state index in [0.29, 0.717) is 83.7 Å². The molecule has 63 heavy (non-hydrogen) atoms. The van der Waals surface area contributed by atoms with Crippen molar-refractivity contribution in [2.75, 3.05) is 13.1 Å². The van der Waals surface area contributed by atoms with Gasteiger partial charge in [0.2, 0.25) is 11.8 Å². The molecule has 4 aliphatic carbocycles. The molecule has 6 amide bonds. The van der Waals surface area contributed by atoms with Crippen LogP contribution in [0.1, 0.15) is 117 Å². The molecular formula is C47H52FN7O8. The molecule has 2 saturated heterocycles. The SMILES string of the molecule is Cc1cc(F)ccc1-n1c(C2CCCN2[C@]2(C(=O)NC(=O)O)c3ccc(cc3)C(C(N)=O)C2(C)C)ccc1C1CCCN1[C@]1(C(=O)NC(=O)O)c2ccc(cc2)C(C(N)=O)C1(C)C. The number of likely N-dealkylation sites (tertiary alicyclic amines) is 2. The van der Waals surface area contributed by atoms with Crippen LogP contribution in [0, 0.1) is 23.6 Å². The number of benzene rings is 3. The predicted octanol–water partition coefficient (Wildman–Crippen LogP) is 5.80. The van der Waals surface area contributed by atoms with Crippen LogP contribution in [0.15, 0.2) is 78.9 Å². The molecule has 16 heteroatoms. The standard InChI is InChI=1S/C47H52FN7O8/c1-25-24-30(48)18-19-31(25)55-34(32-8-6-22-53(32)46(40(58)51-42(60)61)28-14-10-26(11-15-28)36(38(49)56)44(46,2)3)20-21-35(55)33-9-7-23-54(33)47(41(59)52-43(62)63)29-16-12-27(13-17-29)37(39(50)57)45(47,4)5/h10-21,24,32-33,36-37H,6-9,22-23H2,1-5H3,(H2,49,56)(H2,50,57)(H,51,58)(H,52,59)(H,60,61)(H,62,63)/t32?,33?,36?,37?,46-,47-/m0/s1. The summed E-state index contributed by atoms with van der Waals surface area (Å²) in [5, 5.41) is 24.4. The van der Waals surface area contributed by atoms with Crippen molar-refractivity contribution in [2.24, 2.45) is 22.3 Å². The van der Waals surface area contributed by atoms with Gasteiger partial charge >= 0.3 is 12.2 Å². The van der Waals surface area contributed by atoms with E-state index in [4.69, 9.17) is 11.5 Å². The van der Waals surface area contributed by atoms with Crippen molar-refractivity contribution in [3.63, 3.8) is 0 Å². The van der Waals surface area contributed by atoms with Crippen LogP contribution in [0.2, 0.25) is 0 Å². The smallest absolute Gasteiger partial charge is 0.411 e. The van der Waals surface area contributed by atoms with Gasteiger partial charge in [0.1, 0.15) is 16.9 Å². The molecule has 4 unspecified atom stereocenters. The van der Waals surface area contributed by atoms with Gasteiger partial charge in [-0.3, -0.25) is 39.6 Å². The molecule has 6 aliphatic rings. The van der Waals surface area contributed by atoms with Crippen LogP contribution in [0.3, 0.4) is 0 Å². The van der Waals surface area contributed by atoms with Gasteiger partial charge in [-0.1, -0.05) is 76.2 Å². The number of aryl methyl sites for hydroxylation is 1. The van der Waals surface area contributed by atoms with E-state index in [1.807, 2.05) is 26.5 Å². The topological polar surface area (TPSA) is 230 Å². The molecule has 3 heterocycles. The predicted molar refractivity (Wildman–Crippen MR) is 228 cm³/mol. The van der Waals surface area contributed by atoms with Crippen LogP contribution in [0.25, 0.3) is 5.69 Å². The summed E-state index contributed by atoms with van der Waals surface area (Å²) in [5.41, 5.74) is 10.7. The molecule has 2 fully saturated rings. The summed E-state index contributed by atoms with van der Waals surface area (Å²) in [6, 6.07) is 20.9. The number of nitrogens with two attached hydrogens (primary N) is 2. The minimum Gasteiger partial charge on any atom is -0.465 e. The fourth-order valence-corrected chi connectivity index (χ4v) is 12.5. The molecule has 0 radical (unpaired) electrons. The van der Waals surface area contributed by atoms with Gasteiger partial charge < -0.3 is 26.2 Å². The zero-order valence-electron chi connectivity index (χ0n) is 35.8. The van der Waals surface area contributed by atoms with Gasteiger partial charge in [0.05, 0.1) is 23.9 Å². The van der Waals surface area contributed by atoms with Crippen LogP contribution in [-0.2, 0) is 30.3 Å². The minimum atomic E-state index is -1.77. The van der Waals surface area contributed by atoms with Crippen molar-refractivity contribution in [3.05, 3.63) is 124 Å². The third-order valence-electron chi connectivity index (χ3n) is 14.7. The number of imide groups is 2. The van der Waals surface area contributed by atoms with E-state index in [0.717, 1.165) is 0 Å². The van der Waals surface area contributed by atoms with Gasteiger partial charge in [0.15, 0.2) is 0 Å². The van der Waals surface area contributed by atoms with Crippen molar-refractivity contribution in [1.29, 1.82) is 0 Å². The molecule has 330 valence electrons. The third-order valence-corrected chi connectivity index (χ3v) is 14.7. The molecule has 6 atom stereocenters. The summed E-state index contributed by atoms with van der Waals surface area (Å²) in [4.78, 5) is 85.4. The lowest BCUT2D eigenvalue weighted by Crippen LogP contribution is -2.66. The molecule has 0 saturated carbocycles. The maximum absolute atomic E-state index is 15.0. The number of nitrogens with one attached hydrogen (secondary N) is 2. The molecule has 4 aromatic rings. The second-order valence-corrected chi connectivity index (χ2v) is 18.4. The maximum Gasteiger partial charge on any atom is 0.411 e. The Hall–Kier alpha value is -6.39. The molecule has 4 bridgehead atoms. The van der Waals surface area contributed by atoms with Crippen LogP contribution in [-0.4, -0.2) is 73.5 Å². The highest BCUT2D eigenvalue weighted by Crippen LogP contribution is 2.61. The number of hydrogen-bond donors (Lipinski definition) is 6. The highest BCUT2D eigenvalue weighted by molar-refractivity contribution is 6.01. The van der Waals surface area contributed by atoms with Gasteiger partial charge in [-0.25, -0.2) is 14.0 Å². The second kappa shape index (κ2) is 15.2. The first-order valence-electron chi connectivity index (χ1n) is 21.1. The number of aromatic nitrogens is 1. The van der Waals surface area contributed by atoms with Gasteiger partial charge in [0, 0.05) is 41.0 Å². The van der Waals surface area contributed by atoms with E-state index in [1.54, 1.807) is 89.2 Å². The fourth-order valence-electron chi connectivity index (χ4n) is 12.5. The second-order valence-electron chi connectivity index (χ2n) is 18.4. The normalized spacial score (nSPS) is 27.1. The first-order valence-corrected chi connectivity index (χ1v) is 21.1. The summed E-state index contributed by atoms with van der Waals surface area (Å²) in [7, 11) is 0. The van der Waals surface area contributed by atoms with Crippen molar-refractivity contribution >= 4 is 35.8 Å². The molecule has 0 spiro atoms. The zero-order chi connectivity index (χ0) is 45.6. The summed E-state index contributed by atoms with van der Waals surface area (Å²) in [6.45, 7) is 9.41. The lowest BCUT2D eigenvalue weighted by molar-refractivity contribution is -0.150. The Balaban J connectivity index is 1.37. The Morgan fingerprint density at radius 1 is 0.635 bits per heavy atom. The highest BCUT2D eigenvalue weighted by atomic mass is 19.1. The van der Waals surface area contributed by atoms with Gasteiger partial charge in [-0.05, 0) is 90.8 Å². The Labute approximate surface area is 363 Å². The molecule has 10 rings (SSSR count). The maximum atomic E-state index is 15.0. The Morgan fingerprint density at radius 2 is 1.03 bits per heavy atom. The van der Waals surface area contributed by atoms with Gasteiger partial charge in [-0.2, -0.15) is 0 Å². The number of primary amides is 2. The van der Waals surface area contributed by atoms with Crippen LogP contribution < -0.4 is 22.1 Å². The van der Waals surface area contributed by atoms with Gasteiger partial charge in [0.25, 0.3) is 11.8 Å². The first kappa shape index (κ1) is 43.3. The zero-order valence-corrected chi connectivity index (χ0v) is 35.8. The minimum absolute atomic E-state index is 0.308. The van der Waals surface area contributed by atoms with Crippen LogP contribution >= 0.6 is 0 Å². The quantitative estimate of drug-likeness (QED) is 0.119. The number of fused-ring (bicyclic) bond motifs is 8. The highest BCUT2D eigenvalue weighted by Gasteiger charge is 2.66. The van der Waals surface area contributed by atoms with Crippen molar-refractivity contribution in [2.45, 2.75) is 95.3 Å². The number of nitrogens with zero attached hydrogens (tertiary/aromatic N) is 3. The van der Waals surface area contributed by atoms with E-state index in [1.165, 1.54) is 12.1 Å². The number of carbonyl (C=O) groups is 6. The van der Waals surface area contributed by atoms with Crippen molar-refractivity contribution in [1.82, 2.24) is 25.0 Å². The Morgan fingerprint density at radius 3 is 1.38 bits per heavy atom. The summed E-state index contributed by atoms with van der Waals surface area (Å²) >= 11 is 0. The van der Waals surface area contributed by atoms with E-state index >= 15 is 0 Å². The van der Waals surface area contributed by atoms with Crippen LogP contribution in [0.4, 0.5) is 14.0 Å². The summed E-state index contributed by atoms with van der Waals surface area (Å²) < 4.78 is 17.0.